The maximum Gasteiger partial charge on any atom is 0.264 e. The van der Waals surface area contributed by atoms with Gasteiger partial charge in [-0.2, -0.15) is 0 Å². The van der Waals surface area contributed by atoms with Gasteiger partial charge in [0.2, 0.25) is 11.8 Å². The molecule has 0 aliphatic heterocycles. The summed E-state index contributed by atoms with van der Waals surface area (Å²) in [6.45, 7) is 8.97. The highest BCUT2D eigenvalue weighted by Crippen LogP contribution is 2.26. The number of sulfonamides is 1. The zero-order valence-corrected chi connectivity index (χ0v) is 25.4. The zero-order chi connectivity index (χ0) is 28.7. The normalized spacial score (nSPS) is 12.9. The molecule has 9 heteroatoms. The van der Waals surface area contributed by atoms with Crippen LogP contribution in [0.4, 0.5) is 5.69 Å². The molecule has 0 fully saturated rings. The fourth-order valence-electron chi connectivity index (χ4n) is 3.98. The lowest BCUT2D eigenvalue weighted by atomic mass is 10.1. The highest BCUT2D eigenvalue weighted by Gasteiger charge is 2.32. The van der Waals surface area contributed by atoms with E-state index in [2.05, 4.69) is 21.2 Å². The summed E-state index contributed by atoms with van der Waals surface area (Å²) in [7, 11) is -4.08. The molecule has 1 N–H and O–H groups in total. The van der Waals surface area contributed by atoms with Crippen LogP contribution in [-0.2, 0) is 26.2 Å². The van der Waals surface area contributed by atoms with Crippen LogP contribution in [0.3, 0.4) is 0 Å². The number of halogens is 1. The summed E-state index contributed by atoms with van der Waals surface area (Å²) in [5.74, 6) is -0.778. The molecule has 39 heavy (non-hydrogen) atoms. The van der Waals surface area contributed by atoms with Gasteiger partial charge in [-0.15, -0.1) is 0 Å². The van der Waals surface area contributed by atoms with E-state index in [9.17, 15) is 18.0 Å². The third kappa shape index (κ3) is 7.92. The first-order valence-corrected chi connectivity index (χ1v) is 15.2. The van der Waals surface area contributed by atoms with Crippen molar-refractivity contribution in [2.45, 2.75) is 64.6 Å². The Balaban J connectivity index is 2.02. The van der Waals surface area contributed by atoms with Crippen LogP contribution >= 0.6 is 15.9 Å². The summed E-state index contributed by atoms with van der Waals surface area (Å²) in [6, 6.07) is 20.1. The number of carbonyl (C=O) groups is 2. The van der Waals surface area contributed by atoms with Crippen LogP contribution < -0.4 is 9.62 Å². The number of nitrogens with one attached hydrogen (secondary N) is 1. The smallest absolute Gasteiger partial charge is 0.264 e. The first kappa shape index (κ1) is 30.4. The number of rotatable bonds is 11. The van der Waals surface area contributed by atoms with Crippen LogP contribution in [0, 0.1) is 13.8 Å². The van der Waals surface area contributed by atoms with E-state index < -0.39 is 28.5 Å². The summed E-state index contributed by atoms with van der Waals surface area (Å²) in [5.41, 5.74) is 2.98. The molecule has 2 amide bonds. The Kier molecular flexibility index (Phi) is 10.3. The molecule has 3 rings (SSSR count). The fraction of sp³-hybridized carbons (Fsp3) is 0.333. The van der Waals surface area contributed by atoms with Crippen LogP contribution in [-0.4, -0.2) is 43.8 Å². The van der Waals surface area contributed by atoms with Gasteiger partial charge in [0.05, 0.1) is 10.6 Å². The molecule has 0 aromatic heterocycles. The molecule has 3 aromatic rings. The molecule has 0 saturated carbocycles. The molecule has 0 aliphatic carbocycles. The van der Waals surface area contributed by atoms with Crippen LogP contribution in [0.5, 0.6) is 0 Å². The van der Waals surface area contributed by atoms with Crippen LogP contribution in [0.25, 0.3) is 0 Å². The lowest BCUT2D eigenvalue weighted by Gasteiger charge is -2.32. The van der Waals surface area contributed by atoms with Gasteiger partial charge in [-0.1, -0.05) is 64.8 Å². The van der Waals surface area contributed by atoms with Gasteiger partial charge < -0.3 is 10.2 Å². The molecule has 7 nitrogen and oxygen atoms in total. The lowest BCUT2D eigenvalue weighted by Crippen LogP contribution is -2.52. The SMILES string of the molecule is CC[C@@H](C)NC(=O)[C@@H](C)N(Cc1ccc(Br)cc1)C(=O)CN(c1cccc(C)c1)S(=O)(=O)c1ccc(C)cc1. The monoisotopic (exact) mass is 613 g/mol. The molecule has 208 valence electrons. The van der Waals surface area contributed by atoms with E-state index in [4.69, 9.17) is 0 Å². The first-order chi connectivity index (χ1) is 18.4. The van der Waals surface area contributed by atoms with Gasteiger partial charge in [0.15, 0.2) is 0 Å². The van der Waals surface area contributed by atoms with Crippen LogP contribution in [0.2, 0.25) is 0 Å². The third-order valence-corrected chi connectivity index (χ3v) is 8.93. The molecule has 2 atom stereocenters. The standard InChI is InChI=1S/C30H36BrN3O4S/c1-6-23(4)32-30(36)24(5)33(19-25-12-14-26(31)15-13-25)29(35)20-34(27-9-7-8-22(3)18-27)39(37,38)28-16-10-21(2)11-17-28/h7-18,23-24H,6,19-20H2,1-5H3,(H,32,36)/t23-,24-/m1/s1. The molecule has 0 unspecified atom stereocenters. The summed E-state index contributed by atoms with van der Waals surface area (Å²) in [4.78, 5) is 28.6. The summed E-state index contributed by atoms with van der Waals surface area (Å²) >= 11 is 3.42. The van der Waals surface area contributed by atoms with Crippen molar-refractivity contribution >= 4 is 43.5 Å². The average molecular weight is 615 g/mol. The summed E-state index contributed by atoms with van der Waals surface area (Å²) in [5, 5.41) is 2.94. The Bertz CT molecular complexity index is 1390. The Morgan fingerprint density at radius 3 is 2.15 bits per heavy atom. The largest absolute Gasteiger partial charge is 0.352 e. The molecule has 0 aliphatic rings. The Labute approximate surface area is 240 Å². The van der Waals surface area contributed by atoms with Crippen molar-refractivity contribution in [3.05, 3.63) is 94.0 Å². The Morgan fingerprint density at radius 2 is 1.56 bits per heavy atom. The van der Waals surface area contributed by atoms with Gasteiger partial charge in [-0.3, -0.25) is 13.9 Å². The fourth-order valence-corrected chi connectivity index (χ4v) is 5.65. The molecule has 0 spiro atoms. The van der Waals surface area contributed by atoms with Crippen molar-refractivity contribution in [2.75, 3.05) is 10.8 Å². The predicted octanol–water partition coefficient (Wildman–Crippen LogP) is 5.59. The first-order valence-electron chi connectivity index (χ1n) is 12.9. The number of nitrogens with zero attached hydrogens (tertiary/aromatic N) is 2. The summed E-state index contributed by atoms with van der Waals surface area (Å²) < 4.78 is 29.8. The second kappa shape index (κ2) is 13.3. The van der Waals surface area contributed by atoms with Crippen molar-refractivity contribution in [1.82, 2.24) is 10.2 Å². The van der Waals surface area contributed by atoms with E-state index in [1.807, 2.05) is 58.0 Å². The van der Waals surface area contributed by atoms with Gasteiger partial charge in [0.1, 0.15) is 12.6 Å². The molecule has 0 heterocycles. The van der Waals surface area contributed by atoms with Gasteiger partial charge >= 0.3 is 0 Å². The molecule has 3 aromatic carbocycles. The molecular weight excluding hydrogens is 578 g/mol. The molecule has 0 radical (unpaired) electrons. The predicted molar refractivity (Wildman–Crippen MR) is 159 cm³/mol. The zero-order valence-electron chi connectivity index (χ0n) is 23.0. The maximum atomic E-state index is 13.9. The van der Waals surface area contributed by atoms with Gasteiger partial charge in [0, 0.05) is 17.1 Å². The number of hydrogen-bond acceptors (Lipinski definition) is 4. The van der Waals surface area contributed by atoms with E-state index in [0.717, 1.165) is 31.9 Å². The van der Waals surface area contributed by atoms with Crippen LogP contribution in [0.15, 0.2) is 82.2 Å². The second-order valence-corrected chi connectivity index (χ2v) is 12.6. The Hall–Kier alpha value is -3.17. The highest BCUT2D eigenvalue weighted by atomic mass is 79.9. The van der Waals surface area contributed by atoms with Crippen molar-refractivity contribution in [3.63, 3.8) is 0 Å². The van der Waals surface area contributed by atoms with E-state index in [1.165, 1.54) is 4.90 Å². The maximum absolute atomic E-state index is 13.9. The average Bonchev–Trinajstić information content (AvgIpc) is 2.90. The number of carbonyl (C=O) groups excluding carboxylic acids is 2. The molecule has 0 bridgehead atoms. The van der Waals surface area contributed by atoms with Gasteiger partial charge in [-0.05, 0) is 81.6 Å². The van der Waals surface area contributed by atoms with Gasteiger partial charge in [0.25, 0.3) is 10.0 Å². The number of anilines is 1. The minimum absolute atomic E-state index is 0.0599. The van der Waals surface area contributed by atoms with E-state index in [-0.39, 0.29) is 23.4 Å². The molecular formula is C30H36BrN3O4S. The van der Waals surface area contributed by atoms with Crippen LogP contribution in [0.1, 0.15) is 43.9 Å². The van der Waals surface area contributed by atoms with E-state index in [0.29, 0.717) is 5.69 Å². The number of benzene rings is 3. The highest BCUT2D eigenvalue weighted by molar-refractivity contribution is 9.10. The minimum atomic E-state index is -4.08. The lowest BCUT2D eigenvalue weighted by molar-refractivity contribution is -0.139. The number of aryl methyl sites for hydroxylation is 2. The summed E-state index contributed by atoms with van der Waals surface area (Å²) in [6.07, 6.45) is 0.745. The van der Waals surface area contributed by atoms with Crippen molar-refractivity contribution in [3.8, 4) is 0 Å². The Morgan fingerprint density at radius 1 is 0.923 bits per heavy atom. The van der Waals surface area contributed by atoms with Crippen molar-refractivity contribution < 1.29 is 18.0 Å². The van der Waals surface area contributed by atoms with Gasteiger partial charge in [-0.25, -0.2) is 8.42 Å². The second-order valence-electron chi connectivity index (χ2n) is 9.81. The quantitative estimate of drug-likeness (QED) is 0.305. The topological polar surface area (TPSA) is 86.8 Å². The number of hydrogen-bond donors (Lipinski definition) is 1. The third-order valence-electron chi connectivity index (χ3n) is 6.61. The van der Waals surface area contributed by atoms with E-state index in [1.54, 1.807) is 49.4 Å². The number of amides is 2. The molecule has 0 saturated heterocycles. The van der Waals surface area contributed by atoms with E-state index >= 15 is 0 Å². The minimum Gasteiger partial charge on any atom is -0.352 e. The van der Waals surface area contributed by atoms with Crippen molar-refractivity contribution in [2.24, 2.45) is 0 Å². The van der Waals surface area contributed by atoms with Crippen molar-refractivity contribution in [1.29, 1.82) is 0 Å².